The van der Waals surface area contributed by atoms with E-state index in [4.69, 9.17) is 0 Å². The van der Waals surface area contributed by atoms with Crippen molar-refractivity contribution in [2.75, 3.05) is 0 Å². The van der Waals surface area contributed by atoms with Gasteiger partial charge in [-0.2, -0.15) is 4.37 Å². The summed E-state index contributed by atoms with van der Waals surface area (Å²) in [4.78, 5) is 0. The molecule has 0 bridgehead atoms. The third-order valence-corrected chi connectivity index (χ3v) is 1.49. The molecule has 0 spiro atoms. The van der Waals surface area contributed by atoms with Crippen LogP contribution in [0.5, 0.6) is 0 Å². The SMILES string of the molecule is c1snc2nn[nH]c12. The summed E-state index contributed by atoms with van der Waals surface area (Å²) in [6.07, 6.45) is 0. The zero-order chi connectivity index (χ0) is 5.40. The van der Waals surface area contributed by atoms with Gasteiger partial charge in [-0.3, -0.25) is 5.10 Å². The highest BCUT2D eigenvalue weighted by Gasteiger charge is 1.95. The van der Waals surface area contributed by atoms with E-state index in [0.717, 1.165) is 5.52 Å². The number of H-pyrrole nitrogens is 1. The Morgan fingerprint density at radius 3 is 3.50 bits per heavy atom. The fourth-order valence-corrected chi connectivity index (χ4v) is 1.06. The van der Waals surface area contributed by atoms with E-state index in [2.05, 4.69) is 19.8 Å². The van der Waals surface area contributed by atoms with E-state index in [1.54, 1.807) is 0 Å². The van der Waals surface area contributed by atoms with Crippen molar-refractivity contribution in [1.29, 1.82) is 0 Å². The van der Waals surface area contributed by atoms with E-state index in [1.807, 2.05) is 5.38 Å². The Kier molecular flexibility index (Phi) is 0.621. The molecule has 4 nitrogen and oxygen atoms in total. The van der Waals surface area contributed by atoms with Gasteiger partial charge in [-0.1, -0.05) is 5.21 Å². The van der Waals surface area contributed by atoms with Gasteiger partial charge in [-0.05, 0) is 11.5 Å². The molecule has 40 valence electrons. The molecule has 0 radical (unpaired) electrons. The number of hydrogen-bond acceptors (Lipinski definition) is 4. The highest BCUT2D eigenvalue weighted by Crippen LogP contribution is 2.05. The molecule has 1 N–H and O–H groups in total. The fourth-order valence-electron chi connectivity index (χ4n) is 0.506. The van der Waals surface area contributed by atoms with E-state index in [1.165, 1.54) is 11.5 Å². The van der Waals surface area contributed by atoms with Crippen LogP contribution >= 0.6 is 11.5 Å². The third kappa shape index (κ3) is 0.362. The van der Waals surface area contributed by atoms with Crippen LogP contribution < -0.4 is 0 Å². The summed E-state index contributed by atoms with van der Waals surface area (Å²) in [5.41, 5.74) is 1.62. The van der Waals surface area contributed by atoms with E-state index in [0.29, 0.717) is 5.65 Å². The second-order valence-electron chi connectivity index (χ2n) is 1.36. The zero-order valence-corrected chi connectivity index (χ0v) is 4.64. The van der Waals surface area contributed by atoms with Gasteiger partial charge in [0.2, 0.25) is 5.65 Å². The molecule has 0 amide bonds. The van der Waals surface area contributed by atoms with Gasteiger partial charge in [-0.25, -0.2) is 0 Å². The lowest BCUT2D eigenvalue weighted by Crippen LogP contribution is -1.66. The Balaban J connectivity index is 3.06. The monoisotopic (exact) mass is 126 g/mol. The van der Waals surface area contributed by atoms with Crippen molar-refractivity contribution in [1.82, 2.24) is 19.8 Å². The molecule has 2 rings (SSSR count). The molecule has 2 aromatic heterocycles. The number of nitrogens with one attached hydrogen (secondary N) is 1. The first kappa shape index (κ1) is 3.96. The molecular weight excluding hydrogens is 124 g/mol. The van der Waals surface area contributed by atoms with E-state index >= 15 is 0 Å². The first-order valence-corrected chi connectivity index (χ1v) is 2.91. The van der Waals surface area contributed by atoms with Crippen LogP contribution in [0.25, 0.3) is 11.2 Å². The maximum atomic E-state index is 3.92. The summed E-state index contributed by atoms with van der Waals surface area (Å²) in [7, 11) is 0. The minimum Gasteiger partial charge on any atom is -0.255 e. The summed E-state index contributed by atoms with van der Waals surface area (Å²) in [5, 5.41) is 11.8. The number of hydrogen-bond donors (Lipinski definition) is 1. The molecule has 0 saturated heterocycles. The number of nitrogens with zero attached hydrogens (tertiary/aromatic N) is 3. The molecule has 2 aromatic rings. The molecule has 0 fully saturated rings. The quantitative estimate of drug-likeness (QED) is 0.556. The topological polar surface area (TPSA) is 54.5 Å². The molecule has 2 heterocycles. The van der Waals surface area contributed by atoms with Crippen molar-refractivity contribution in [2.45, 2.75) is 0 Å². The van der Waals surface area contributed by atoms with Crippen molar-refractivity contribution in [3.63, 3.8) is 0 Å². The van der Waals surface area contributed by atoms with Crippen LogP contribution in [0, 0.1) is 0 Å². The smallest absolute Gasteiger partial charge is 0.214 e. The molecular formula is C3H2N4S. The van der Waals surface area contributed by atoms with Gasteiger partial charge in [0.1, 0.15) is 5.52 Å². The van der Waals surface area contributed by atoms with Crippen LogP contribution in [0.4, 0.5) is 0 Å². The molecule has 5 heteroatoms. The first-order chi connectivity index (χ1) is 3.97. The zero-order valence-electron chi connectivity index (χ0n) is 3.83. The minimum atomic E-state index is 0.704. The molecule has 0 unspecified atom stereocenters. The molecule has 0 aromatic carbocycles. The Bertz CT molecular complexity index is 233. The van der Waals surface area contributed by atoms with E-state index in [9.17, 15) is 0 Å². The van der Waals surface area contributed by atoms with E-state index < -0.39 is 0 Å². The van der Waals surface area contributed by atoms with Crippen molar-refractivity contribution in [2.24, 2.45) is 0 Å². The fraction of sp³-hybridized carbons (Fsp3) is 0. The second-order valence-corrected chi connectivity index (χ2v) is 1.99. The number of fused-ring (bicyclic) bond motifs is 1. The number of aromatic nitrogens is 4. The average Bonchev–Trinajstić information content (AvgIpc) is 2.15. The predicted molar refractivity (Wildman–Crippen MR) is 29.6 cm³/mol. The van der Waals surface area contributed by atoms with Crippen LogP contribution in [0.3, 0.4) is 0 Å². The van der Waals surface area contributed by atoms with Crippen molar-refractivity contribution in [3.8, 4) is 0 Å². The van der Waals surface area contributed by atoms with Crippen molar-refractivity contribution in [3.05, 3.63) is 5.38 Å². The molecule has 8 heavy (non-hydrogen) atoms. The molecule has 0 saturated carbocycles. The largest absolute Gasteiger partial charge is 0.255 e. The lowest BCUT2D eigenvalue weighted by molar-refractivity contribution is 0.955. The molecule has 0 aliphatic rings. The van der Waals surface area contributed by atoms with Gasteiger partial charge in [0.15, 0.2) is 0 Å². The van der Waals surface area contributed by atoms with Gasteiger partial charge < -0.3 is 0 Å². The summed E-state index contributed by atoms with van der Waals surface area (Å²) < 4.78 is 3.92. The van der Waals surface area contributed by atoms with Gasteiger partial charge in [0, 0.05) is 5.38 Å². The van der Waals surface area contributed by atoms with Gasteiger partial charge in [0.05, 0.1) is 0 Å². The molecule has 0 atom stereocenters. The lowest BCUT2D eigenvalue weighted by Gasteiger charge is -1.58. The standard InChI is InChI=1S/C3H2N4S/c1-2-3(6-8-1)5-7-4-2/h1H,(H,4,5,6). The first-order valence-electron chi connectivity index (χ1n) is 2.08. The predicted octanol–water partition coefficient (Wildman–Crippen LogP) is 0.414. The highest BCUT2D eigenvalue weighted by molar-refractivity contribution is 7.04. The summed E-state index contributed by atoms with van der Waals surface area (Å²) >= 11 is 1.38. The van der Waals surface area contributed by atoms with Crippen LogP contribution in [0.2, 0.25) is 0 Å². The van der Waals surface area contributed by atoms with E-state index in [-0.39, 0.29) is 0 Å². The molecule has 0 aliphatic heterocycles. The van der Waals surface area contributed by atoms with Crippen LogP contribution in [0.1, 0.15) is 0 Å². The number of rotatable bonds is 0. The molecule has 0 aliphatic carbocycles. The minimum absolute atomic E-state index is 0.704. The highest BCUT2D eigenvalue weighted by atomic mass is 32.1. The third-order valence-electron chi connectivity index (χ3n) is 0.866. The Hall–Kier alpha value is -0.970. The van der Waals surface area contributed by atoms with Crippen LogP contribution in [-0.4, -0.2) is 19.8 Å². The Morgan fingerprint density at radius 2 is 2.62 bits per heavy atom. The summed E-state index contributed by atoms with van der Waals surface area (Å²) in [6, 6.07) is 0. The maximum absolute atomic E-state index is 3.92. The average molecular weight is 126 g/mol. The Labute approximate surface area is 48.7 Å². The second kappa shape index (κ2) is 1.25. The van der Waals surface area contributed by atoms with Crippen LogP contribution in [-0.2, 0) is 0 Å². The van der Waals surface area contributed by atoms with Crippen molar-refractivity contribution < 1.29 is 0 Å². The normalized spacial score (nSPS) is 10.5. The van der Waals surface area contributed by atoms with Gasteiger partial charge >= 0.3 is 0 Å². The lowest BCUT2D eigenvalue weighted by atomic mass is 10.6. The summed E-state index contributed by atoms with van der Waals surface area (Å²) in [6.45, 7) is 0. The van der Waals surface area contributed by atoms with Gasteiger partial charge in [-0.15, -0.1) is 5.10 Å². The number of aromatic amines is 1. The maximum Gasteiger partial charge on any atom is 0.214 e. The van der Waals surface area contributed by atoms with Gasteiger partial charge in [0.25, 0.3) is 0 Å². The van der Waals surface area contributed by atoms with Crippen molar-refractivity contribution >= 4 is 22.7 Å². The Morgan fingerprint density at radius 1 is 1.62 bits per heavy atom. The summed E-state index contributed by atoms with van der Waals surface area (Å²) in [5.74, 6) is 0. The van der Waals surface area contributed by atoms with Crippen LogP contribution in [0.15, 0.2) is 5.38 Å².